The van der Waals surface area contributed by atoms with Crippen LogP contribution in [-0.4, -0.2) is 19.8 Å². The van der Waals surface area contributed by atoms with E-state index in [2.05, 4.69) is 34.8 Å². The molecule has 0 aliphatic heterocycles. The minimum atomic E-state index is 0.743. The molecule has 15 heavy (non-hydrogen) atoms. The van der Waals surface area contributed by atoms with Crippen molar-refractivity contribution in [2.75, 3.05) is 25.1 Å². The molecule has 0 radical (unpaired) electrons. The second-order valence-corrected chi connectivity index (χ2v) is 4.76. The molecule has 1 aromatic rings. The highest BCUT2D eigenvalue weighted by Gasteiger charge is 1.99. The quantitative estimate of drug-likeness (QED) is 0.629. The molecule has 0 heterocycles. The predicted octanol–water partition coefficient (Wildman–Crippen LogP) is 3.78. The molecule has 0 bridgehead atoms. The van der Waals surface area contributed by atoms with Gasteiger partial charge in [-0.15, -0.1) is 0 Å². The van der Waals surface area contributed by atoms with Gasteiger partial charge in [0, 0.05) is 27.4 Å². The summed E-state index contributed by atoms with van der Waals surface area (Å²) in [6, 6.07) is 5.82. The first-order valence-electron chi connectivity index (χ1n) is 5.00. The monoisotopic (exact) mass is 339 g/mol. The summed E-state index contributed by atoms with van der Waals surface area (Å²) in [6.07, 6.45) is 1.07. The van der Waals surface area contributed by atoms with Crippen LogP contribution in [-0.2, 0) is 4.74 Å². The van der Waals surface area contributed by atoms with Crippen molar-refractivity contribution in [3.8, 4) is 0 Å². The summed E-state index contributed by atoms with van der Waals surface area (Å²) < 4.78 is 6.51. The van der Waals surface area contributed by atoms with Gasteiger partial charge >= 0.3 is 0 Å². The molecular formula is C11H15ClINO. The second kappa shape index (κ2) is 7.30. The van der Waals surface area contributed by atoms with Gasteiger partial charge in [-0.05, 0) is 47.2 Å². The van der Waals surface area contributed by atoms with Gasteiger partial charge in [0.1, 0.15) is 0 Å². The summed E-state index contributed by atoms with van der Waals surface area (Å²) in [5.74, 6) is 0. The van der Waals surface area contributed by atoms with E-state index in [1.54, 1.807) is 0 Å². The van der Waals surface area contributed by atoms with Crippen molar-refractivity contribution in [1.82, 2.24) is 0 Å². The highest BCUT2D eigenvalue weighted by atomic mass is 127. The standard InChI is InChI=1S/C11H15ClINO/c1-2-6-15-7-5-14-11-4-3-9(12)8-10(11)13/h3-4,8,14H,2,5-7H2,1H3. The molecule has 1 N–H and O–H groups in total. The Hall–Kier alpha value is -0.000000000000000111. The van der Waals surface area contributed by atoms with E-state index >= 15 is 0 Å². The molecule has 0 atom stereocenters. The van der Waals surface area contributed by atoms with Gasteiger partial charge in [0.2, 0.25) is 0 Å². The minimum Gasteiger partial charge on any atom is -0.382 e. The van der Waals surface area contributed by atoms with Crippen LogP contribution in [0.15, 0.2) is 18.2 Å². The molecule has 0 fully saturated rings. The van der Waals surface area contributed by atoms with E-state index in [9.17, 15) is 0 Å². The second-order valence-electron chi connectivity index (χ2n) is 3.16. The Morgan fingerprint density at radius 3 is 2.87 bits per heavy atom. The fourth-order valence-electron chi connectivity index (χ4n) is 1.14. The molecule has 0 saturated carbocycles. The van der Waals surface area contributed by atoms with Crippen LogP contribution in [0.3, 0.4) is 0 Å². The number of benzene rings is 1. The maximum atomic E-state index is 5.86. The summed E-state index contributed by atoms with van der Waals surface area (Å²) in [4.78, 5) is 0. The van der Waals surface area contributed by atoms with Crippen molar-refractivity contribution >= 4 is 39.9 Å². The summed E-state index contributed by atoms with van der Waals surface area (Å²) in [6.45, 7) is 4.51. The summed E-state index contributed by atoms with van der Waals surface area (Å²) in [5, 5.41) is 4.08. The molecule has 0 aliphatic rings. The van der Waals surface area contributed by atoms with E-state index in [4.69, 9.17) is 16.3 Å². The number of anilines is 1. The van der Waals surface area contributed by atoms with Crippen LogP contribution in [0.2, 0.25) is 5.02 Å². The van der Waals surface area contributed by atoms with Gasteiger partial charge in [0.25, 0.3) is 0 Å². The number of hydrogen-bond acceptors (Lipinski definition) is 2. The number of hydrogen-bond donors (Lipinski definition) is 1. The van der Waals surface area contributed by atoms with Gasteiger partial charge < -0.3 is 10.1 Å². The number of halogens is 2. The topological polar surface area (TPSA) is 21.3 Å². The molecule has 0 aromatic heterocycles. The zero-order chi connectivity index (χ0) is 11.1. The smallest absolute Gasteiger partial charge is 0.0639 e. The largest absolute Gasteiger partial charge is 0.382 e. The maximum absolute atomic E-state index is 5.86. The van der Waals surface area contributed by atoms with E-state index in [-0.39, 0.29) is 0 Å². The van der Waals surface area contributed by atoms with Crippen molar-refractivity contribution in [3.05, 3.63) is 26.8 Å². The molecule has 0 spiro atoms. The molecule has 0 saturated heterocycles. The highest BCUT2D eigenvalue weighted by Crippen LogP contribution is 2.21. The average Bonchev–Trinajstić information content (AvgIpc) is 2.20. The average molecular weight is 340 g/mol. The number of ether oxygens (including phenoxy) is 1. The van der Waals surface area contributed by atoms with Crippen molar-refractivity contribution in [1.29, 1.82) is 0 Å². The van der Waals surface area contributed by atoms with Crippen LogP contribution in [0, 0.1) is 3.57 Å². The first-order valence-corrected chi connectivity index (χ1v) is 6.46. The fourth-order valence-corrected chi connectivity index (χ4v) is 2.20. The van der Waals surface area contributed by atoms with Gasteiger partial charge in [-0.25, -0.2) is 0 Å². The first-order chi connectivity index (χ1) is 7.24. The molecule has 0 aliphatic carbocycles. The van der Waals surface area contributed by atoms with E-state index in [1.807, 2.05) is 18.2 Å². The van der Waals surface area contributed by atoms with Gasteiger partial charge in [-0.2, -0.15) is 0 Å². The van der Waals surface area contributed by atoms with Crippen LogP contribution in [0.25, 0.3) is 0 Å². The van der Waals surface area contributed by atoms with E-state index in [0.717, 1.165) is 40.5 Å². The van der Waals surface area contributed by atoms with Gasteiger partial charge in [-0.1, -0.05) is 18.5 Å². The number of nitrogens with one attached hydrogen (secondary N) is 1. The third kappa shape index (κ3) is 5.04. The van der Waals surface area contributed by atoms with Gasteiger partial charge in [0.15, 0.2) is 0 Å². The predicted molar refractivity (Wildman–Crippen MR) is 73.8 cm³/mol. The Morgan fingerprint density at radius 2 is 2.20 bits per heavy atom. The van der Waals surface area contributed by atoms with Crippen LogP contribution in [0.5, 0.6) is 0 Å². The first kappa shape index (κ1) is 13.1. The van der Waals surface area contributed by atoms with Gasteiger partial charge in [-0.3, -0.25) is 0 Å². The Bertz CT molecular complexity index is 307. The van der Waals surface area contributed by atoms with Crippen LogP contribution < -0.4 is 5.32 Å². The Kier molecular flexibility index (Phi) is 6.36. The Balaban J connectivity index is 2.31. The van der Waals surface area contributed by atoms with Crippen LogP contribution in [0.1, 0.15) is 13.3 Å². The van der Waals surface area contributed by atoms with Gasteiger partial charge in [0.05, 0.1) is 6.61 Å². The lowest BCUT2D eigenvalue weighted by molar-refractivity contribution is 0.144. The molecule has 0 unspecified atom stereocenters. The van der Waals surface area contributed by atoms with Crippen molar-refractivity contribution in [3.63, 3.8) is 0 Å². The normalized spacial score (nSPS) is 10.3. The molecule has 4 heteroatoms. The Labute approximate surface area is 109 Å². The zero-order valence-corrected chi connectivity index (χ0v) is 11.6. The van der Waals surface area contributed by atoms with E-state index in [1.165, 1.54) is 0 Å². The van der Waals surface area contributed by atoms with Crippen molar-refractivity contribution < 1.29 is 4.74 Å². The summed E-state index contributed by atoms with van der Waals surface area (Å²) >= 11 is 8.13. The lowest BCUT2D eigenvalue weighted by Crippen LogP contribution is -2.10. The molecular weight excluding hydrogens is 324 g/mol. The molecule has 2 nitrogen and oxygen atoms in total. The third-order valence-corrected chi connectivity index (χ3v) is 2.97. The Morgan fingerprint density at radius 1 is 1.40 bits per heavy atom. The SMILES string of the molecule is CCCOCCNc1ccc(Cl)cc1I. The van der Waals surface area contributed by atoms with E-state index < -0.39 is 0 Å². The summed E-state index contributed by atoms with van der Waals surface area (Å²) in [5.41, 5.74) is 1.11. The molecule has 0 amide bonds. The third-order valence-electron chi connectivity index (χ3n) is 1.84. The molecule has 1 rings (SSSR count). The van der Waals surface area contributed by atoms with Crippen molar-refractivity contribution in [2.45, 2.75) is 13.3 Å². The highest BCUT2D eigenvalue weighted by molar-refractivity contribution is 14.1. The number of rotatable bonds is 6. The lowest BCUT2D eigenvalue weighted by atomic mass is 10.3. The fraction of sp³-hybridized carbons (Fsp3) is 0.455. The molecule has 84 valence electrons. The van der Waals surface area contributed by atoms with E-state index in [0.29, 0.717) is 0 Å². The van der Waals surface area contributed by atoms with Crippen LogP contribution >= 0.6 is 34.2 Å². The summed E-state index contributed by atoms with van der Waals surface area (Å²) in [7, 11) is 0. The minimum absolute atomic E-state index is 0.743. The van der Waals surface area contributed by atoms with Crippen LogP contribution in [0.4, 0.5) is 5.69 Å². The maximum Gasteiger partial charge on any atom is 0.0639 e. The van der Waals surface area contributed by atoms with Crippen molar-refractivity contribution in [2.24, 2.45) is 0 Å². The zero-order valence-electron chi connectivity index (χ0n) is 8.72. The molecule has 1 aromatic carbocycles. The lowest BCUT2D eigenvalue weighted by Gasteiger charge is -2.08.